The minimum Gasteiger partial charge on any atom is -0.478 e. The molecule has 3 rings (SSSR count). The standard InChI is InChI=1S/C21H17FN2O5S/c22-13-14-9-11-15(12-10-14)30(28,29)24-19-8-4-1-5-16(19)20(25)23-18-7-3-2-6-17(18)21(26)27/h1-12,24H,13H2,(H,23,25)(H,26,27). The zero-order valence-corrected chi connectivity index (χ0v) is 16.3. The molecule has 7 nitrogen and oxygen atoms in total. The fourth-order valence-corrected chi connectivity index (χ4v) is 3.78. The van der Waals surface area contributed by atoms with Crippen molar-refractivity contribution in [3.63, 3.8) is 0 Å². The number of benzene rings is 3. The molecule has 0 radical (unpaired) electrons. The lowest BCUT2D eigenvalue weighted by Gasteiger charge is -2.14. The average molecular weight is 428 g/mol. The Bertz CT molecular complexity index is 1190. The SMILES string of the molecule is O=C(O)c1ccccc1NC(=O)c1ccccc1NS(=O)(=O)c1ccc(CF)cc1. The molecule has 30 heavy (non-hydrogen) atoms. The van der Waals surface area contributed by atoms with Gasteiger partial charge < -0.3 is 10.4 Å². The summed E-state index contributed by atoms with van der Waals surface area (Å²) in [6.07, 6.45) is 0. The van der Waals surface area contributed by atoms with Crippen LogP contribution in [-0.2, 0) is 16.7 Å². The van der Waals surface area contributed by atoms with Gasteiger partial charge in [-0.3, -0.25) is 9.52 Å². The van der Waals surface area contributed by atoms with Crippen LogP contribution in [0.1, 0.15) is 26.3 Å². The summed E-state index contributed by atoms with van der Waals surface area (Å²) >= 11 is 0. The number of carbonyl (C=O) groups excluding carboxylic acids is 1. The minimum atomic E-state index is -4.04. The predicted molar refractivity (Wildman–Crippen MR) is 110 cm³/mol. The Balaban J connectivity index is 1.89. The number of rotatable bonds is 7. The van der Waals surface area contributed by atoms with Crippen molar-refractivity contribution in [1.29, 1.82) is 0 Å². The van der Waals surface area contributed by atoms with Crippen LogP contribution in [0.25, 0.3) is 0 Å². The molecule has 0 saturated heterocycles. The van der Waals surface area contributed by atoms with Crippen LogP contribution in [0.4, 0.5) is 15.8 Å². The van der Waals surface area contributed by atoms with E-state index in [4.69, 9.17) is 0 Å². The lowest BCUT2D eigenvalue weighted by Crippen LogP contribution is -2.19. The first-order chi connectivity index (χ1) is 14.3. The summed E-state index contributed by atoms with van der Waals surface area (Å²) in [5.74, 6) is -1.90. The van der Waals surface area contributed by atoms with Crippen LogP contribution >= 0.6 is 0 Å². The van der Waals surface area contributed by atoms with Gasteiger partial charge in [-0.25, -0.2) is 17.6 Å². The van der Waals surface area contributed by atoms with Gasteiger partial charge in [0.1, 0.15) is 6.67 Å². The summed E-state index contributed by atoms with van der Waals surface area (Å²) in [6, 6.07) is 17.0. The van der Waals surface area contributed by atoms with E-state index in [1.165, 1.54) is 54.6 Å². The fraction of sp³-hybridized carbons (Fsp3) is 0.0476. The number of para-hydroxylation sites is 2. The van der Waals surface area contributed by atoms with Gasteiger partial charge in [-0.05, 0) is 42.0 Å². The van der Waals surface area contributed by atoms with Gasteiger partial charge >= 0.3 is 5.97 Å². The normalized spacial score (nSPS) is 11.0. The minimum absolute atomic E-state index is 0.00152. The molecule has 0 bridgehead atoms. The van der Waals surface area contributed by atoms with E-state index in [2.05, 4.69) is 10.0 Å². The molecule has 0 atom stereocenters. The summed E-state index contributed by atoms with van der Waals surface area (Å²) in [5, 5.41) is 11.7. The third-order valence-electron chi connectivity index (χ3n) is 4.21. The molecule has 0 aliphatic carbocycles. The number of anilines is 2. The number of sulfonamides is 1. The third kappa shape index (κ3) is 4.64. The highest BCUT2D eigenvalue weighted by atomic mass is 32.2. The van der Waals surface area contributed by atoms with E-state index in [0.29, 0.717) is 5.56 Å². The van der Waals surface area contributed by atoms with Crippen molar-refractivity contribution in [2.45, 2.75) is 11.6 Å². The van der Waals surface area contributed by atoms with Crippen molar-refractivity contribution in [3.8, 4) is 0 Å². The highest BCUT2D eigenvalue weighted by molar-refractivity contribution is 7.92. The number of hydrogen-bond donors (Lipinski definition) is 3. The number of carboxylic acid groups (broad SMARTS) is 1. The highest BCUT2D eigenvalue weighted by Crippen LogP contribution is 2.23. The third-order valence-corrected chi connectivity index (χ3v) is 5.59. The molecule has 0 spiro atoms. The first-order valence-electron chi connectivity index (χ1n) is 8.72. The number of aromatic carboxylic acids is 1. The maximum atomic E-state index is 12.7. The molecule has 9 heteroatoms. The summed E-state index contributed by atoms with van der Waals surface area (Å²) in [7, 11) is -4.04. The van der Waals surface area contributed by atoms with Crippen molar-refractivity contribution in [3.05, 3.63) is 89.5 Å². The monoisotopic (exact) mass is 428 g/mol. The van der Waals surface area contributed by atoms with Crippen LogP contribution in [0.3, 0.4) is 0 Å². The zero-order valence-electron chi connectivity index (χ0n) is 15.5. The number of alkyl halides is 1. The van der Waals surface area contributed by atoms with Crippen LogP contribution < -0.4 is 10.0 Å². The van der Waals surface area contributed by atoms with E-state index in [-0.39, 0.29) is 27.4 Å². The Kier molecular flexibility index (Phi) is 6.12. The van der Waals surface area contributed by atoms with Crippen LogP contribution in [0.15, 0.2) is 77.7 Å². The van der Waals surface area contributed by atoms with Crippen LogP contribution in [0, 0.1) is 0 Å². The van der Waals surface area contributed by atoms with E-state index in [0.717, 1.165) is 0 Å². The number of amides is 1. The van der Waals surface area contributed by atoms with Crippen LogP contribution in [0.5, 0.6) is 0 Å². The Labute approximate surface area is 172 Å². The summed E-state index contributed by atoms with van der Waals surface area (Å²) in [5.41, 5.74) is 0.330. The molecule has 154 valence electrons. The molecule has 0 heterocycles. The second kappa shape index (κ2) is 8.75. The first kappa shape index (κ1) is 21.0. The molecule has 1 amide bonds. The van der Waals surface area contributed by atoms with E-state index < -0.39 is 28.6 Å². The first-order valence-corrected chi connectivity index (χ1v) is 10.2. The summed E-state index contributed by atoms with van der Waals surface area (Å²) < 4.78 is 40.3. The second-order valence-electron chi connectivity index (χ2n) is 6.23. The van der Waals surface area contributed by atoms with E-state index in [1.54, 1.807) is 18.2 Å². The van der Waals surface area contributed by atoms with E-state index in [9.17, 15) is 27.5 Å². The van der Waals surface area contributed by atoms with Gasteiger partial charge in [0.2, 0.25) is 0 Å². The lowest BCUT2D eigenvalue weighted by molar-refractivity contribution is 0.0698. The quantitative estimate of drug-likeness (QED) is 0.528. The van der Waals surface area contributed by atoms with Gasteiger partial charge in [-0.2, -0.15) is 0 Å². The molecule has 3 aromatic carbocycles. The molecule has 0 aliphatic rings. The van der Waals surface area contributed by atoms with Gasteiger partial charge in [0.25, 0.3) is 15.9 Å². The van der Waals surface area contributed by atoms with Gasteiger partial charge in [0.05, 0.1) is 27.4 Å². The van der Waals surface area contributed by atoms with Crippen molar-refractivity contribution < 1.29 is 27.5 Å². The molecular weight excluding hydrogens is 411 g/mol. The number of hydrogen-bond acceptors (Lipinski definition) is 4. The molecular formula is C21H17FN2O5S. The van der Waals surface area contributed by atoms with Gasteiger partial charge in [-0.15, -0.1) is 0 Å². The van der Waals surface area contributed by atoms with Gasteiger partial charge in [0.15, 0.2) is 0 Å². The van der Waals surface area contributed by atoms with Crippen LogP contribution in [-0.4, -0.2) is 25.4 Å². The molecule has 0 fully saturated rings. The number of carbonyl (C=O) groups is 2. The maximum Gasteiger partial charge on any atom is 0.337 e. The van der Waals surface area contributed by atoms with Gasteiger partial charge in [-0.1, -0.05) is 36.4 Å². The molecule has 0 aromatic heterocycles. The smallest absolute Gasteiger partial charge is 0.337 e. The van der Waals surface area contributed by atoms with Crippen molar-refractivity contribution in [2.75, 3.05) is 10.0 Å². The number of halogens is 1. The lowest BCUT2D eigenvalue weighted by atomic mass is 10.1. The Hall–Kier alpha value is -3.72. The topological polar surface area (TPSA) is 113 Å². The molecule has 0 aliphatic heterocycles. The Morgan fingerprint density at radius 2 is 1.40 bits per heavy atom. The number of nitrogens with one attached hydrogen (secondary N) is 2. The molecule has 0 saturated carbocycles. The maximum absolute atomic E-state index is 12.7. The van der Waals surface area contributed by atoms with Crippen molar-refractivity contribution in [1.82, 2.24) is 0 Å². The van der Waals surface area contributed by atoms with E-state index >= 15 is 0 Å². The average Bonchev–Trinajstić information content (AvgIpc) is 2.74. The van der Waals surface area contributed by atoms with E-state index in [1.807, 2.05) is 0 Å². The highest BCUT2D eigenvalue weighted by Gasteiger charge is 2.20. The molecule has 3 N–H and O–H groups in total. The fourth-order valence-electron chi connectivity index (χ4n) is 2.70. The van der Waals surface area contributed by atoms with Crippen LogP contribution in [0.2, 0.25) is 0 Å². The predicted octanol–water partition coefficient (Wildman–Crippen LogP) is 3.91. The second-order valence-corrected chi connectivity index (χ2v) is 7.92. The summed E-state index contributed by atoms with van der Waals surface area (Å²) in [6.45, 7) is -0.714. The largest absolute Gasteiger partial charge is 0.478 e. The zero-order chi connectivity index (χ0) is 21.7. The molecule has 3 aromatic rings. The Morgan fingerprint density at radius 3 is 2.00 bits per heavy atom. The summed E-state index contributed by atoms with van der Waals surface area (Å²) in [4.78, 5) is 24.0. The number of carboxylic acids is 1. The molecule has 0 unspecified atom stereocenters. The van der Waals surface area contributed by atoms with Crippen molar-refractivity contribution in [2.24, 2.45) is 0 Å². The van der Waals surface area contributed by atoms with Crippen molar-refractivity contribution >= 4 is 33.3 Å². The van der Waals surface area contributed by atoms with Gasteiger partial charge in [0, 0.05) is 0 Å². The Morgan fingerprint density at radius 1 is 0.833 bits per heavy atom.